The van der Waals surface area contributed by atoms with Gasteiger partial charge < -0.3 is 10.1 Å². The highest BCUT2D eigenvalue weighted by atomic mass is 35.5. The van der Waals surface area contributed by atoms with Gasteiger partial charge in [0.05, 0.1) is 0 Å². The fraction of sp³-hybridized carbons (Fsp3) is 0.0909. The molecule has 0 atom stereocenters. The van der Waals surface area contributed by atoms with E-state index in [1.807, 2.05) is 60.7 Å². The van der Waals surface area contributed by atoms with Crippen LogP contribution in [0.1, 0.15) is 11.1 Å². The van der Waals surface area contributed by atoms with Gasteiger partial charge in [-0.3, -0.25) is 9.69 Å². The molecule has 1 heterocycles. The van der Waals surface area contributed by atoms with Gasteiger partial charge in [0.25, 0.3) is 5.91 Å². The van der Waals surface area contributed by atoms with Crippen LogP contribution >= 0.6 is 11.6 Å². The molecule has 0 radical (unpaired) electrons. The standard InChI is InChI=1S/C22H17ClN2O3/c1-25-21(26)19(24-22(25)27)12-17-16-8-4-2-6-14(16)10-11-20(17)28-13-15-7-3-5-9-18(15)23/h2-12H,13H2,1H3,(H,24,27)/b19-12+. The van der Waals surface area contributed by atoms with E-state index < -0.39 is 6.03 Å². The van der Waals surface area contributed by atoms with Gasteiger partial charge in [-0.2, -0.15) is 0 Å². The zero-order chi connectivity index (χ0) is 19.7. The summed E-state index contributed by atoms with van der Waals surface area (Å²) >= 11 is 6.22. The van der Waals surface area contributed by atoms with Crippen LogP contribution < -0.4 is 10.1 Å². The molecule has 3 aromatic rings. The number of carbonyl (C=O) groups excluding carboxylic acids is 2. The van der Waals surface area contributed by atoms with Crippen LogP contribution in [0.15, 0.2) is 66.4 Å². The Morgan fingerprint density at radius 2 is 1.79 bits per heavy atom. The highest BCUT2D eigenvalue weighted by molar-refractivity contribution is 6.31. The zero-order valence-electron chi connectivity index (χ0n) is 15.1. The zero-order valence-corrected chi connectivity index (χ0v) is 15.9. The molecule has 1 saturated heterocycles. The summed E-state index contributed by atoms with van der Waals surface area (Å²) in [6.45, 7) is 0.286. The summed E-state index contributed by atoms with van der Waals surface area (Å²) in [7, 11) is 1.44. The second kappa shape index (κ2) is 7.37. The summed E-state index contributed by atoms with van der Waals surface area (Å²) in [5, 5.41) is 5.15. The van der Waals surface area contributed by atoms with E-state index in [0.29, 0.717) is 10.8 Å². The maximum absolute atomic E-state index is 12.3. The maximum Gasteiger partial charge on any atom is 0.328 e. The highest BCUT2D eigenvalue weighted by Gasteiger charge is 2.30. The SMILES string of the molecule is CN1C(=O)N/C(=C/c2c(OCc3ccccc3Cl)ccc3ccccc23)C1=O. The molecule has 5 nitrogen and oxygen atoms in total. The van der Waals surface area contributed by atoms with Crippen molar-refractivity contribution in [2.24, 2.45) is 0 Å². The second-order valence-corrected chi connectivity index (χ2v) is 6.84. The third kappa shape index (κ3) is 3.32. The summed E-state index contributed by atoms with van der Waals surface area (Å²) in [5.41, 5.74) is 1.80. The van der Waals surface area contributed by atoms with E-state index in [4.69, 9.17) is 16.3 Å². The minimum Gasteiger partial charge on any atom is -0.488 e. The van der Waals surface area contributed by atoms with E-state index in [2.05, 4.69) is 5.32 Å². The maximum atomic E-state index is 12.3. The molecule has 3 amide bonds. The number of hydrogen-bond donors (Lipinski definition) is 1. The Hall–Kier alpha value is -3.31. The van der Waals surface area contributed by atoms with E-state index >= 15 is 0 Å². The molecule has 1 N–H and O–H groups in total. The number of amides is 3. The fourth-order valence-corrected chi connectivity index (χ4v) is 3.28. The van der Waals surface area contributed by atoms with Gasteiger partial charge in [0, 0.05) is 23.2 Å². The second-order valence-electron chi connectivity index (χ2n) is 6.43. The Balaban J connectivity index is 1.77. The third-order valence-corrected chi connectivity index (χ3v) is 5.01. The molecule has 0 aromatic heterocycles. The van der Waals surface area contributed by atoms with Gasteiger partial charge in [0.2, 0.25) is 0 Å². The molecule has 1 fully saturated rings. The number of carbonyl (C=O) groups is 2. The highest BCUT2D eigenvalue weighted by Crippen LogP contribution is 2.32. The number of imide groups is 1. The smallest absolute Gasteiger partial charge is 0.328 e. The average Bonchev–Trinajstić information content (AvgIpc) is 2.95. The lowest BCUT2D eigenvalue weighted by atomic mass is 10.0. The van der Waals surface area contributed by atoms with Gasteiger partial charge in [-0.25, -0.2) is 4.79 Å². The molecule has 0 bridgehead atoms. The first-order valence-corrected chi connectivity index (χ1v) is 9.11. The van der Waals surface area contributed by atoms with Gasteiger partial charge in [-0.05, 0) is 29.0 Å². The number of fused-ring (bicyclic) bond motifs is 1. The van der Waals surface area contributed by atoms with Crippen LogP contribution in [0, 0.1) is 0 Å². The van der Waals surface area contributed by atoms with Gasteiger partial charge >= 0.3 is 6.03 Å². The van der Waals surface area contributed by atoms with Crippen LogP contribution in [0.5, 0.6) is 5.75 Å². The van der Waals surface area contributed by atoms with Crippen LogP contribution in [-0.2, 0) is 11.4 Å². The molecule has 28 heavy (non-hydrogen) atoms. The predicted octanol–water partition coefficient (Wildman–Crippen LogP) is 4.59. The van der Waals surface area contributed by atoms with Crippen molar-refractivity contribution < 1.29 is 14.3 Å². The van der Waals surface area contributed by atoms with E-state index in [9.17, 15) is 9.59 Å². The minimum absolute atomic E-state index is 0.214. The normalized spacial score (nSPS) is 15.4. The van der Waals surface area contributed by atoms with Crippen molar-refractivity contribution in [3.8, 4) is 5.75 Å². The number of nitrogens with one attached hydrogen (secondary N) is 1. The van der Waals surface area contributed by atoms with Crippen molar-refractivity contribution in [1.29, 1.82) is 0 Å². The molecule has 3 aromatic carbocycles. The Morgan fingerprint density at radius 1 is 1.04 bits per heavy atom. The van der Waals surface area contributed by atoms with Gasteiger partial charge in [-0.1, -0.05) is 60.1 Å². The van der Waals surface area contributed by atoms with Crippen LogP contribution in [0.2, 0.25) is 5.02 Å². The van der Waals surface area contributed by atoms with Crippen molar-refractivity contribution in [3.63, 3.8) is 0 Å². The predicted molar refractivity (Wildman–Crippen MR) is 109 cm³/mol. The van der Waals surface area contributed by atoms with Crippen LogP contribution in [0.3, 0.4) is 0 Å². The lowest BCUT2D eigenvalue weighted by Crippen LogP contribution is -2.25. The van der Waals surface area contributed by atoms with Crippen LogP contribution in [0.25, 0.3) is 16.8 Å². The molecule has 1 aliphatic rings. The summed E-state index contributed by atoms with van der Waals surface area (Å²) in [5.74, 6) is 0.220. The number of benzene rings is 3. The lowest BCUT2D eigenvalue weighted by molar-refractivity contribution is -0.121. The van der Waals surface area contributed by atoms with Crippen molar-refractivity contribution in [2.75, 3.05) is 7.05 Å². The topological polar surface area (TPSA) is 58.6 Å². The molecule has 1 aliphatic heterocycles. The third-order valence-electron chi connectivity index (χ3n) is 4.64. The molecule has 0 spiro atoms. The van der Waals surface area contributed by atoms with E-state index in [1.54, 1.807) is 6.08 Å². The van der Waals surface area contributed by atoms with Gasteiger partial charge in [0.1, 0.15) is 18.1 Å². The van der Waals surface area contributed by atoms with Crippen molar-refractivity contribution in [3.05, 3.63) is 82.5 Å². The fourth-order valence-electron chi connectivity index (χ4n) is 3.09. The molecule has 0 unspecified atom stereocenters. The Kier molecular flexibility index (Phi) is 4.75. The summed E-state index contributed by atoms with van der Waals surface area (Å²) in [4.78, 5) is 25.1. The Bertz CT molecular complexity index is 1120. The molecular weight excluding hydrogens is 376 g/mol. The summed E-state index contributed by atoms with van der Waals surface area (Å²) in [6.07, 6.45) is 1.66. The number of rotatable bonds is 4. The van der Waals surface area contributed by atoms with Crippen LogP contribution in [0.4, 0.5) is 4.79 Å². The lowest BCUT2D eigenvalue weighted by Gasteiger charge is -2.13. The Morgan fingerprint density at radius 3 is 2.54 bits per heavy atom. The minimum atomic E-state index is -0.449. The van der Waals surface area contributed by atoms with Crippen molar-refractivity contribution >= 4 is 40.4 Å². The van der Waals surface area contributed by atoms with Gasteiger partial charge in [0.15, 0.2) is 0 Å². The molecule has 0 saturated carbocycles. The first kappa shape index (κ1) is 18.1. The summed E-state index contributed by atoms with van der Waals surface area (Å²) < 4.78 is 6.04. The Labute approximate surface area is 167 Å². The number of ether oxygens (including phenoxy) is 1. The number of urea groups is 1. The molecule has 6 heteroatoms. The molecular formula is C22H17ClN2O3. The van der Waals surface area contributed by atoms with Crippen molar-refractivity contribution in [2.45, 2.75) is 6.61 Å². The number of nitrogens with zero attached hydrogens (tertiary/aromatic N) is 1. The number of likely N-dealkylation sites (N-methyl/N-ethyl adjacent to an activating group) is 1. The number of hydrogen-bond acceptors (Lipinski definition) is 3. The first-order valence-electron chi connectivity index (χ1n) is 8.73. The quantitative estimate of drug-likeness (QED) is 0.521. The largest absolute Gasteiger partial charge is 0.488 e. The summed E-state index contributed by atoms with van der Waals surface area (Å²) in [6, 6.07) is 18.6. The molecule has 0 aliphatic carbocycles. The molecule has 4 rings (SSSR count). The van der Waals surface area contributed by atoms with Gasteiger partial charge in [-0.15, -0.1) is 0 Å². The molecule has 140 valence electrons. The number of halogens is 1. The first-order chi connectivity index (χ1) is 13.5. The van der Waals surface area contributed by atoms with E-state index in [-0.39, 0.29) is 18.2 Å². The van der Waals surface area contributed by atoms with E-state index in [0.717, 1.165) is 26.8 Å². The van der Waals surface area contributed by atoms with Crippen molar-refractivity contribution in [1.82, 2.24) is 10.2 Å². The average molecular weight is 393 g/mol. The monoisotopic (exact) mass is 392 g/mol. The van der Waals surface area contributed by atoms with Crippen LogP contribution in [-0.4, -0.2) is 23.9 Å². The van der Waals surface area contributed by atoms with E-state index in [1.165, 1.54) is 7.05 Å².